The number of amides is 1. The largest absolute Gasteiger partial charge is 0.452 e. The molecule has 2 aromatic heterocycles. The van der Waals surface area contributed by atoms with Crippen molar-refractivity contribution in [1.29, 1.82) is 0 Å². The molecule has 21 heavy (non-hydrogen) atoms. The molecule has 0 atom stereocenters. The number of ether oxygens (including phenoxy) is 1. The summed E-state index contributed by atoms with van der Waals surface area (Å²) in [7, 11) is 1.71. The summed E-state index contributed by atoms with van der Waals surface area (Å²) in [5, 5.41) is 10.4. The van der Waals surface area contributed by atoms with Crippen LogP contribution >= 0.6 is 0 Å². The van der Waals surface area contributed by atoms with Crippen LogP contribution in [0.25, 0.3) is 0 Å². The van der Waals surface area contributed by atoms with Crippen LogP contribution in [0.4, 0.5) is 5.82 Å². The van der Waals surface area contributed by atoms with Crippen LogP contribution in [0.1, 0.15) is 27.5 Å². The van der Waals surface area contributed by atoms with E-state index in [1.165, 1.54) is 4.68 Å². The van der Waals surface area contributed by atoms with Crippen LogP contribution in [0.2, 0.25) is 0 Å². The van der Waals surface area contributed by atoms with E-state index in [1.54, 1.807) is 27.0 Å². The lowest BCUT2D eigenvalue weighted by Crippen LogP contribution is -2.22. The zero-order chi connectivity index (χ0) is 15.6. The van der Waals surface area contributed by atoms with Gasteiger partial charge in [-0.25, -0.2) is 4.79 Å². The highest BCUT2D eigenvalue weighted by Gasteiger charge is 2.20. The Balaban J connectivity index is 1.93. The van der Waals surface area contributed by atoms with Gasteiger partial charge in [-0.3, -0.25) is 9.48 Å². The van der Waals surface area contributed by atoms with E-state index in [0.29, 0.717) is 17.3 Å². The van der Waals surface area contributed by atoms with Crippen LogP contribution in [0.5, 0.6) is 0 Å². The Bertz CT molecular complexity index is 667. The van der Waals surface area contributed by atoms with Gasteiger partial charge in [0.15, 0.2) is 6.61 Å². The lowest BCUT2D eigenvalue weighted by Gasteiger charge is -2.06. The molecule has 0 fully saturated rings. The van der Waals surface area contributed by atoms with Gasteiger partial charge in [0, 0.05) is 13.1 Å². The molecule has 0 saturated carbocycles. The molecule has 0 aromatic carbocycles. The second kappa shape index (κ2) is 5.78. The minimum Gasteiger partial charge on any atom is -0.452 e. The number of rotatable bonds is 4. The van der Waals surface area contributed by atoms with Gasteiger partial charge in [0.05, 0.1) is 11.4 Å². The van der Waals surface area contributed by atoms with Crippen molar-refractivity contribution in [2.45, 2.75) is 20.8 Å². The molecule has 8 heteroatoms. The standard InChI is InChI=1S/C13H16N4O4/c1-7-5-10(17(4)15-7)14-11(18)6-20-13(19)12-8(2)16-21-9(12)3/h5H,6H2,1-4H3,(H,14,18). The zero-order valence-electron chi connectivity index (χ0n) is 12.3. The summed E-state index contributed by atoms with van der Waals surface area (Å²) < 4.78 is 11.4. The Morgan fingerprint density at radius 2 is 2.10 bits per heavy atom. The van der Waals surface area contributed by atoms with Crippen LogP contribution in [0.3, 0.4) is 0 Å². The molecule has 112 valence electrons. The van der Waals surface area contributed by atoms with E-state index in [-0.39, 0.29) is 5.56 Å². The second-order valence-electron chi connectivity index (χ2n) is 4.62. The number of aryl methyl sites for hydroxylation is 4. The van der Waals surface area contributed by atoms with Gasteiger partial charge in [0.25, 0.3) is 5.91 Å². The number of nitrogens with zero attached hydrogens (tertiary/aromatic N) is 3. The van der Waals surface area contributed by atoms with Crippen LogP contribution in [0, 0.1) is 20.8 Å². The van der Waals surface area contributed by atoms with Gasteiger partial charge in [0.1, 0.15) is 17.1 Å². The van der Waals surface area contributed by atoms with Gasteiger partial charge in [-0.2, -0.15) is 5.10 Å². The van der Waals surface area contributed by atoms with E-state index in [2.05, 4.69) is 15.6 Å². The summed E-state index contributed by atoms with van der Waals surface area (Å²) >= 11 is 0. The fourth-order valence-electron chi connectivity index (χ4n) is 1.88. The van der Waals surface area contributed by atoms with Gasteiger partial charge >= 0.3 is 5.97 Å². The minimum absolute atomic E-state index is 0.249. The normalized spacial score (nSPS) is 10.5. The first-order chi connectivity index (χ1) is 9.88. The van der Waals surface area contributed by atoms with E-state index >= 15 is 0 Å². The summed E-state index contributed by atoms with van der Waals surface area (Å²) in [5.41, 5.74) is 1.46. The quantitative estimate of drug-likeness (QED) is 0.848. The number of hydrogen-bond donors (Lipinski definition) is 1. The Morgan fingerprint density at radius 1 is 1.38 bits per heavy atom. The van der Waals surface area contributed by atoms with Gasteiger partial charge in [-0.1, -0.05) is 5.16 Å². The summed E-state index contributed by atoms with van der Waals surface area (Å²) in [5.74, 6) is -0.188. The molecule has 2 heterocycles. The molecule has 0 aliphatic rings. The molecule has 2 aromatic rings. The monoisotopic (exact) mass is 292 g/mol. The highest BCUT2D eigenvalue weighted by atomic mass is 16.5. The molecule has 0 bridgehead atoms. The molecule has 1 N–H and O–H groups in total. The van der Waals surface area contributed by atoms with Crippen LogP contribution < -0.4 is 5.32 Å². The zero-order valence-corrected chi connectivity index (χ0v) is 12.3. The number of nitrogens with one attached hydrogen (secondary N) is 1. The molecular weight excluding hydrogens is 276 g/mol. The molecule has 0 spiro atoms. The van der Waals surface area contributed by atoms with E-state index in [1.807, 2.05) is 6.92 Å². The van der Waals surface area contributed by atoms with Crippen molar-refractivity contribution < 1.29 is 18.8 Å². The van der Waals surface area contributed by atoms with Crippen molar-refractivity contribution in [3.63, 3.8) is 0 Å². The Kier molecular flexibility index (Phi) is 4.06. The van der Waals surface area contributed by atoms with E-state index in [9.17, 15) is 9.59 Å². The average molecular weight is 292 g/mol. The van der Waals surface area contributed by atoms with E-state index < -0.39 is 18.5 Å². The highest BCUT2D eigenvalue weighted by Crippen LogP contribution is 2.13. The lowest BCUT2D eigenvalue weighted by atomic mass is 10.2. The topological polar surface area (TPSA) is 99.2 Å². The predicted octanol–water partition coefficient (Wildman–Crippen LogP) is 1.13. The summed E-state index contributed by atoms with van der Waals surface area (Å²) in [4.78, 5) is 23.6. The maximum absolute atomic E-state index is 11.9. The second-order valence-corrected chi connectivity index (χ2v) is 4.62. The van der Waals surface area contributed by atoms with Gasteiger partial charge in [-0.15, -0.1) is 0 Å². The Labute approximate surface area is 121 Å². The van der Waals surface area contributed by atoms with Gasteiger partial charge in [0.2, 0.25) is 0 Å². The van der Waals surface area contributed by atoms with Gasteiger partial charge in [-0.05, 0) is 20.8 Å². The molecular formula is C13H16N4O4. The third kappa shape index (κ3) is 3.28. The maximum Gasteiger partial charge on any atom is 0.344 e. The lowest BCUT2D eigenvalue weighted by molar-refractivity contribution is -0.119. The fourth-order valence-corrected chi connectivity index (χ4v) is 1.88. The van der Waals surface area contributed by atoms with Crippen molar-refractivity contribution in [3.05, 3.63) is 28.8 Å². The number of carbonyl (C=O) groups is 2. The smallest absolute Gasteiger partial charge is 0.344 e. The predicted molar refractivity (Wildman–Crippen MR) is 72.8 cm³/mol. The first-order valence-electron chi connectivity index (χ1n) is 6.29. The summed E-state index contributed by atoms with van der Waals surface area (Å²) in [6.45, 7) is 4.65. The molecule has 0 aliphatic carbocycles. The molecule has 8 nitrogen and oxygen atoms in total. The molecule has 0 saturated heterocycles. The van der Waals surface area contributed by atoms with Gasteiger partial charge < -0.3 is 14.6 Å². The molecule has 0 radical (unpaired) electrons. The van der Waals surface area contributed by atoms with Crippen molar-refractivity contribution in [2.75, 3.05) is 11.9 Å². The number of aromatic nitrogens is 3. The SMILES string of the molecule is Cc1cc(NC(=O)COC(=O)c2c(C)noc2C)n(C)n1. The first-order valence-corrected chi connectivity index (χ1v) is 6.29. The fraction of sp³-hybridized carbons (Fsp3) is 0.385. The number of carbonyl (C=O) groups excluding carboxylic acids is 2. The summed E-state index contributed by atoms with van der Waals surface area (Å²) in [6, 6.07) is 1.72. The highest BCUT2D eigenvalue weighted by molar-refractivity contribution is 5.96. The molecule has 1 amide bonds. The Hall–Kier alpha value is -2.64. The number of anilines is 1. The first kappa shape index (κ1) is 14.8. The maximum atomic E-state index is 11.9. The van der Waals surface area contributed by atoms with Crippen molar-refractivity contribution in [3.8, 4) is 0 Å². The molecule has 0 aliphatic heterocycles. The molecule has 0 unspecified atom stereocenters. The van der Waals surface area contributed by atoms with Crippen molar-refractivity contribution in [2.24, 2.45) is 7.05 Å². The number of esters is 1. The van der Waals surface area contributed by atoms with Crippen molar-refractivity contribution >= 4 is 17.7 Å². The van der Waals surface area contributed by atoms with Crippen LogP contribution in [-0.4, -0.2) is 33.4 Å². The average Bonchev–Trinajstić information content (AvgIpc) is 2.89. The Morgan fingerprint density at radius 3 is 2.62 bits per heavy atom. The molecule has 2 rings (SSSR count). The number of hydrogen-bond acceptors (Lipinski definition) is 6. The van der Waals surface area contributed by atoms with E-state index in [4.69, 9.17) is 9.26 Å². The van der Waals surface area contributed by atoms with E-state index in [0.717, 1.165) is 5.69 Å². The summed E-state index contributed by atoms with van der Waals surface area (Å²) in [6.07, 6.45) is 0. The van der Waals surface area contributed by atoms with Crippen molar-refractivity contribution in [1.82, 2.24) is 14.9 Å². The minimum atomic E-state index is -0.636. The third-order valence-corrected chi connectivity index (χ3v) is 2.84. The van der Waals surface area contributed by atoms with Crippen LogP contribution in [0.15, 0.2) is 10.6 Å². The third-order valence-electron chi connectivity index (χ3n) is 2.84. The van der Waals surface area contributed by atoms with Crippen LogP contribution in [-0.2, 0) is 16.6 Å².